The summed E-state index contributed by atoms with van der Waals surface area (Å²) in [7, 11) is 0. The van der Waals surface area contributed by atoms with Crippen LogP contribution in [0.3, 0.4) is 0 Å². The summed E-state index contributed by atoms with van der Waals surface area (Å²) < 4.78 is 11.1. The maximum Gasteiger partial charge on any atom is 0.310 e. The summed E-state index contributed by atoms with van der Waals surface area (Å²) in [4.78, 5) is 25.6. The van der Waals surface area contributed by atoms with E-state index in [9.17, 15) is 14.7 Å². The van der Waals surface area contributed by atoms with Crippen molar-refractivity contribution in [3.05, 3.63) is 35.9 Å². The number of hydrogen-bond donors (Lipinski definition) is 1. The molecule has 1 aromatic rings. The van der Waals surface area contributed by atoms with Crippen molar-refractivity contribution in [3.63, 3.8) is 0 Å². The third-order valence-electron chi connectivity index (χ3n) is 4.12. The molecule has 0 amide bonds. The van der Waals surface area contributed by atoms with Crippen LogP contribution in [0.25, 0.3) is 0 Å². The van der Waals surface area contributed by atoms with E-state index in [-0.39, 0.29) is 25.1 Å². The first-order chi connectivity index (χ1) is 12.6. The molecule has 2 atom stereocenters. The predicted molar refractivity (Wildman–Crippen MR) is 105 cm³/mol. The number of carbonyl (C=O) groups excluding carboxylic acids is 2. The highest BCUT2D eigenvalue weighted by atomic mass is 16.6. The average Bonchev–Trinajstić information content (AvgIpc) is 2.58. The molecule has 0 saturated heterocycles. The van der Waals surface area contributed by atoms with Crippen molar-refractivity contribution in [3.8, 4) is 0 Å². The van der Waals surface area contributed by atoms with Crippen LogP contribution in [0.2, 0.25) is 0 Å². The lowest BCUT2D eigenvalue weighted by Gasteiger charge is -2.29. The first-order valence-electron chi connectivity index (χ1n) is 9.68. The van der Waals surface area contributed by atoms with Gasteiger partial charge < -0.3 is 14.6 Å². The molecule has 0 fully saturated rings. The molecule has 0 heterocycles. The predicted octanol–water partition coefficient (Wildman–Crippen LogP) is 4.12. The lowest BCUT2D eigenvalue weighted by Crippen LogP contribution is -2.37. The van der Waals surface area contributed by atoms with E-state index >= 15 is 0 Å². The zero-order valence-corrected chi connectivity index (χ0v) is 17.2. The molecular weight excluding hydrogens is 344 g/mol. The maximum atomic E-state index is 12.8. The Bertz CT molecular complexity index is 574. The van der Waals surface area contributed by atoms with E-state index in [2.05, 4.69) is 0 Å². The first-order valence-corrected chi connectivity index (χ1v) is 9.68. The summed E-state index contributed by atoms with van der Waals surface area (Å²) in [5.74, 6) is -1.78. The first kappa shape index (κ1) is 23.2. The van der Waals surface area contributed by atoms with E-state index in [1.165, 1.54) is 0 Å². The molecule has 1 unspecified atom stereocenters. The van der Waals surface area contributed by atoms with E-state index in [4.69, 9.17) is 9.47 Å². The third-order valence-corrected chi connectivity index (χ3v) is 4.12. The van der Waals surface area contributed by atoms with Gasteiger partial charge in [-0.3, -0.25) is 9.59 Å². The molecule has 0 spiro atoms. The molecule has 5 nitrogen and oxygen atoms in total. The summed E-state index contributed by atoms with van der Waals surface area (Å²) in [6.45, 7) is 9.57. The minimum absolute atomic E-state index is 0.0350. The third kappa shape index (κ3) is 9.05. The van der Waals surface area contributed by atoms with E-state index < -0.39 is 23.4 Å². The number of aliphatic hydroxyl groups excluding tert-OH is 1. The van der Waals surface area contributed by atoms with E-state index in [1.807, 2.05) is 44.2 Å². The average molecular weight is 379 g/mol. The molecule has 0 bridgehead atoms. The zero-order chi connectivity index (χ0) is 20.4. The van der Waals surface area contributed by atoms with Crippen LogP contribution < -0.4 is 0 Å². The minimum atomic E-state index is -0.634. The van der Waals surface area contributed by atoms with Gasteiger partial charge in [-0.1, -0.05) is 44.2 Å². The van der Waals surface area contributed by atoms with E-state index in [0.717, 1.165) is 5.56 Å². The van der Waals surface area contributed by atoms with Crippen LogP contribution in [0.15, 0.2) is 30.3 Å². The summed E-state index contributed by atoms with van der Waals surface area (Å²) in [5, 5.41) is 9.22. The van der Waals surface area contributed by atoms with Crippen molar-refractivity contribution >= 4 is 11.9 Å². The molecule has 1 aromatic carbocycles. The van der Waals surface area contributed by atoms with Crippen LogP contribution in [0.5, 0.6) is 0 Å². The molecule has 0 aliphatic carbocycles. The Morgan fingerprint density at radius 2 is 1.67 bits per heavy atom. The Morgan fingerprint density at radius 3 is 2.19 bits per heavy atom. The Hall–Kier alpha value is -1.88. The van der Waals surface area contributed by atoms with Crippen molar-refractivity contribution in [2.75, 3.05) is 6.61 Å². The van der Waals surface area contributed by atoms with Crippen LogP contribution in [-0.4, -0.2) is 29.3 Å². The number of esters is 2. The second-order valence-corrected chi connectivity index (χ2v) is 8.34. The molecule has 1 N–H and O–H groups in total. The normalized spacial score (nSPS) is 13.9. The van der Waals surface area contributed by atoms with Crippen LogP contribution >= 0.6 is 0 Å². The van der Waals surface area contributed by atoms with Crippen molar-refractivity contribution in [1.82, 2.24) is 0 Å². The van der Waals surface area contributed by atoms with Gasteiger partial charge in [0.05, 0.1) is 11.8 Å². The standard InChI is InChI=1S/C22H34O5/c1-16(2)14-19(20(24)26-15-17-10-7-6-8-11-17)18(12-9-13-23)21(25)27-22(3,4)5/h6-8,10-11,16,18-19,23H,9,12-15H2,1-5H3/t18-,19?/m0/s1. The number of ether oxygens (including phenoxy) is 2. The van der Waals surface area contributed by atoms with Gasteiger partial charge in [-0.2, -0.15) is 0 Å². The minimum Gasteiger partial charge on any atom is -0.461 e. The molecule has 0 saturated carbocycles. The molecule has 0 radical (unpaired) electrons. The molecule has 0 aromatic heterocycles. The van der Waals surface area contributed by atoms with Crippen molar-refractivity contribution in [2.45, 2.75) is 66.1 Å². The highest BCUT2D eigenvalue weighted by Gasteiger charge is 2.37. The van der Waals surface area contributed by atoms with Gasteiger partial charge in [0.15, 0.2) is 0 Å². The number of hydrogen-bond acceptors (Lipinski definition) is 5. The van der Waals surface area contributed by atoms with E-state index in [1.54, 1.807) is 20.8 Å². The number of aliphatic hydroxyl groups is 1. The van der Waals surface area contributed by atoms with Gasteiger partial charge >= 0.3 is 11.9 Å². The fraction of sp³-hybridized carbons (Fsp3) is 0.636. The van der Waals surface area contributed by atoms with Crippen molar-refractivity contribution < 1.29 is 24.2 Å². The summed E-state index contributed by atoms with van der Waals surface area (Å²) in [5.41, 5.74) is 0.267. The lowest BCUT2D eigenvalue weighted by atomic mass is 9.82. The molecular formula is C22H34O5. The largest absolute Gasteiger partial charge is 0.461 e. The van der Waals surface area contributed by atoms with Crippen LogP contribution in [0, 0.1) is 17.8 Å². The van der Waals surface area contributed by atoms with Gasteiger partial charge in [-0.15, -0.1) is 0 Å². The smallest absolute Gasteiger partial charge is 0.310 e. The zero-order valence-electron chi connectivity index (χ0n) is 17.2. The molecule has 1 rings (SSSR count). The molecule has 0 aliphatic rings. The molecule has 0 aliphatic heterocycles. The fourth-order valence-corrected chi connectivity index (χ4v) is 2.94. The van der Waals surface area contributed by atoms with Crippen molar-refractivity contribution in [2.24, 2.45) is 17.8 Å². The quantitative estimate of drug-likeness (QED) is 0.620. The van der Waals surface area contributed by atoms with Crippen molar-refractivity contribution in [1.29, 1.82) is 0 Å². The second-order valence-electron chi connectivity index (χ2n) is 8.34. The Balaban J connectivity index is 2.94. The van der Waals surface area contributed by atoms with Gasteiger partial charge in [0.2, 0.25) is 0 Å². The Labute approximate surface area is 163 Å². The van der Waals surface area contributed by atoms with Crippen LogP contribution in [0.1, 0.15) is 59.4 Å². The molecule has 27 heavy (non-hydrogen) atoms. The second kappa shape index (κ2) is 11.1. The van der Waals surface area contributed by atoms with Crippen LogP contribution in [-0.2, 0) is 25.7 Å². The van der Waals surface area contributed by atoms with E-state index in [0.29, 0.717) is 19.3 Å². The Morgan fingerprint density at radius 1 is 1.04 bits per heavy atom. The van der Waals surface area contributed by atoms with Gasteiger partial charge in [0, 0.05) is 6.61 Å². The van der Waals surface area contributed by atoms with Crippen LogP contribution in [0.4, 0.5) is 0 Å². The van der Waals surface area contributed by atoms with Gasteiger partial charge in [0.25, 0.3) is 0 Å². The van der Waals surface area contributed by atoms with Gasteiger partial charge in [-0.25, -0.2) is 0 Å². The number of carbonyl (C=O) groups is 2. The summed E-state index contributed by atoms with van der Waals surface area (Å²) >= 11 is 0. The Kier molecular flexibility index (Phi) is 9.50. The number of rotatable bonds is 10. The number of benzene rings is 1. The lowest BCUT2D eigenvalue weighted by molar-refractivity contribution is -0.169. The molecule has 152 valence electrons. The summed E-state index contributed by atoms with van der Waals surface area (Å²) in [6, 6.07) is 9.46. The highest BCUT2D eigenvalue weighted by molar-refractivity contribution is 5.82. The van der Waals surface area contributed by atoms with Gasteiger partial charge in [0.1, 0.15) is 12.2 Å². The SMILES string of the molecule is CC(C)CC(C(=O)OCc1ccccc1)[C@H](CCCO)C(=O)OC(C)(C)C. The van der Waals surface area contributed by atoms with Gasteiger partial charge in [-0.05, 0) is 51.5 Å². The monoisotopic (exact) mass is 378 g/mol. The topological polar surface area (TPSA) is 72.8 Å². The highest BCUT2D eigenvalue weighted by Crippen LogP contribution is 2.29. The fourth-order valence-electron chi connectivity index (χ4n) is 2.94. The maximum absolute atomic E-state index is 12.8. The molecule has 5 heteroatoms. The summed E-state index contributed by atoms with van der Waals surface area (Å²) in [6.07, 6.45) is 1.36.